The number of hydrogen-bond donors (Lipinski definition) is 0. The van der Waals surface area contributed by atoms with Gasteiger partial charge in [-0.3, -0.25) is 11.5 Å². The molecule has 0 fully saturated rings. The maximum absolute atomic E-state index is 6.59. The highest BCUT2D eigenvalue weighted by Crippen LogP contribution is 1.67. The van der Waals surface area contributed by atoms with Crippen LogP contribution in [-0.4, -0.2) is 26.3 Å². The molecule has 42 valence electrons. The molecule has 0 aliphatic carbocycles. The van der Waals surface area contributed by atoms with Gasteiger partial charge < -0.3 is 4.74 Å². The highest BCUT2D eigenvalue weighted by Gasteiger charge is 1.79. The van der Waals surface area contributed by atoms with Crippen LogP contribution in [0.5, 0.6) is 0 Å². The van der Waals surface area contributed by atoms with Gasteiger partial charge in [0.25, 0.3) is 0 Å². The molecule has 2 radical (unpaired) electrons. The third-order valence-electron chi connectivity index (χ3n) is 0.493. The summed E-state index contributed by atoms with van der Waals surface area (Å²) in [5.74, 6) is 0. The molecular formula is C4H10N2O. The molecule has 0 aromatic rings. The summed E-state index contributed by atoms with van der Waals surface area (Å²) in [5, 5.41) is 0. The lowest BCUT2D eigenvalue weighted by molar-refractivity contribution is 0.147. The van der Waals surface area contributed by atoms with Crippen molar-refractivity contribution < 1.29 is 4.74 Å². The average Bonchev–Trinajstić information content (AvgIpc) is 1.69. The largest absolute Gasteiger partial charge is 0.379 e. The zero-order valence-corrected chi connectivity index (χ0v) is 4.24. The molecule has 2 N–H and O–H groups in total. The van der Waals surface area contributed by atoms with Crippen LogP contribution in [0.4, 0.5) is 0 Å². The molecule has 0 aromatic carbocycles. The summed E-state index contributed by atoms with van der Waals surface area (Å²) >= 11 is 0. The van der Waals surface area contributed by atoms with Gasteiger partial charge in [0.15, 0.2) is 0 Å². The molecule has 0 bridgehead atoms. The maximum atomic E-state index is 6.59. The minimum Gasteiger partial charge on any atom is -0.379 e. The van der Waals surface area contributed by atoms with Crippen LogP contribution in [0.25, 0.3) is 0 Å². The van der Waals surface area contributed by atoms with Crippen molar-refractivity contribution >= 4 is 0 Å². The molecule has 3 nitrogen and oxygen atoms in total. The normalized spacial score (nSPS) is 9.43. The van der Waals surface area contributed by atoms with Crippen LogP contribution in [0.1, 0.15) is 0 Å². The van der Waals surface area contributed by atoms with E-state index in [4.69, 9.17) is 16.2 Å². The minimum atomic E-state index is 0.306. The van der Waals surface area contributed by atoms with E-state index < -0.39 is 0 Å². The van der Waals surface area contributed by atoms with Crippen molar-refractivity contribution in [3.8, 4) is 0 Å². The van der Waals surface area contributed by atoms with Crippen LogP contribution in [0.3, 0.4) is 0 Å². The standard InChI is InChI=1S/C4H10N2O/c5-1-3-7-4-2-6/h5-6H,1-4H2. The van der Waals surface area contributed by atoms with Gasteiger partial charge >= 0.3 is 0 Å². The molecular weight excluding hydrogens is 92.1 g/mol. The van der Waals surface area contributed by atoms with E-state index in [9.17, 15) is 0 Å². The smallest absolute Gasteiger partial charge is 0.0605 e. The number of hydrogen-bond acceptors (Lipinski definition) is 1. The summed E-state index contributed by atoms with van der Waals surface area (Å²) in [5.41, 5.74) is 13.2. The maximum Gasteiger partial charge on any atom is 0.0605 e. The van der Waals surface area contributed by atoms with Crippen molar-refractivity contribution in [1.29, 1.82) is 0 Å². The lowest BCUT2D eigenvalue weighted by atomic mass is 10.7. The van der Waals surface area contributed by atoms with Crippen LogP contribution in [0.15, 0.2) is 0 Å². The Labute approximate surface area is 43.6 Å². The van der Waals surface area contributed by atoms with E-state index in [1.165, 1.54) is 0 Å². The van der Waals surface area contributed by atoms with Crippen molar-refractivity contribution in [2.24, 2.45) is 0 Å². The fourth-order valence-electron chi connectivity index (χ4n) is 0.246. The van der Waals surface area contributed by atoms with Crippen LogP contribution < -0.4 is 11.5 Å². The third-order valence-corrected chi connectivity index (χ3v) is 0.493. The van der Waals surface area contributed by atoms with Crippen LogP contribution in [-0.2, 0) is 4.74 Å². The molecule has 3 heteroatoms. The van der Waals surface area contributed by atoms with Gasteiger partial charge in [-0.05, 0) is 0 Å². The molecule has 0 aliphatic heterocycles. The molecule has 0 amide bonds. The first-order valence-electron chi connectivity index (χ1n) is 2.28. The molecule has 0 rings (SSSR count). The molecule has 0 aromatic heterocycles. The van der Waals surface area contributed by atoms with Gasteiger partial charge in [0, 0.05) is 13.1 Å². The Bertz CT molecular complexity index is 28.9. The second-order valence-electron chi connectivity index (χ2n) is 1.11. The molecule has 0 unspecified atom stereocenters. The number of rotatable bonds is 4. The third kappa shape index (κ3) is 5.88. The fourth-order valence-corrected chi connectivity index (χ4v) is 0.246. The molecule has 7 heavy (non-hydrogen) atoms. The van der Waals surface area contributed by atoms with Gasteiger partial charge in [-0.2, -0.15) is 0 Å². The SMILES string of the molecule is [NH]CCOCC[NH]. The zero-order valence-electron chi connectivity index (χ0n) is 4.24. The Kier molecular flexibility index (Phi) is 5.78. The highest BCUT2D eigenvalue weighted by molar-refractivity contribution is 4.30. The van der Waals surface area contributed by atoms with Gasteiger partial charge in [-0.15, -0.1) is 0 Å². The van der Waals surface area contributed by atoms with Crippen molar-refractivity contribution in [3.63, 3.8) is 0 Å². The predicted molar refractivity (Wildman–Crippen MR) is 26.7 cm³/mol. The minimum absolute atomic E-state index is 0.306. The van der Waals surface area contributed by atoms with E-state index in [1.54, 1.807) is 0 Å². The van der Waals surface area contributed by atoms with E-state index in [1.807, 2.05) is 0 Å². The molecule has 0 spiro atoms. The number of ether oxygens (including phenoxy) is 1. The lowest BCUT2D eigenvalue weighted by Gasteiger charge is -1.94. The topological polar surface area (TPSA) is 56.8 Å². The Hall–Kier alpha value is -0.120. The molecule has 0 heterocycles. The summed E-state index contributed by atoms with van der Waals surface area (Å²) < 4.78 is 4.76. The van der Waals surface area contributed by atoms with E-state index in [0.717, 1.165) is 0 Å². The Morgan fingerprint density at radius 1 is 1.00 bits per heavy atom. The monoisotopic (exact) mass is 102 g/mol. The molecule has 0 aliphatic rings. The summed E-state index contributed by atoms with van der Waals surface area (Å²) in [6.45, 7) is 1.55. The zero-order chi connectivity index (χ0) is 5.54. The first-order chi connectivity index (χ1) is 3.41. The van der Waals surface area contributed by atoms with Crippen LogP contribution >= 0.6 is 0 Å². The second-order valence-corrected chi connectivity index (χ2v) is 1.11. The van der Waals surface area contributed by atoms with E-state index >= 15 is 0 Å². The Balaban J connectivity index is 2.45. The average molecular weight is 102 g/mol. The second kappa shape index (κ2) is 5.88. The Morgan fingerprint density at radius 2 is 1.43 bits per heavy atom. The van der Waals surface area contributed by atoms with Gasteiger partial charge in [0.1, 0.15) is 0 Å². The van der Waals surface area contributed by atoms with Crippen molar-refractivity contribution in [1.82, 2.24) is 11.5 Å². The molecule has 0 saturated heterocycles. The predicted octanol–water partition coefficient (Wildman–Crippen LogP) is -0.431. The lowest BCUT2D eigenvalue weighted by Crippen LogP contribution is -2.04. The van der Waals surface area contributed by atoms with Gasteiger partial charge in [0.05, 0.1) is 13.2 Å². The summed E-state index contributed by atoms with van der Waals surface area (Å²) in [7, 11) is 0. The van der Waals surface area contributed by atoms with Gasteiger partial charge in [0.2, 0.25) is 0 Å². The van der Waals surface area contributed by atoms with Gasteiger partial charge in [-0.1, -0.05) is 0 Å². The molecule has 0 saturated carbocycles. The Morgan fingerprint density at radius 3 is 1.71 bits per heavy atom. The van der Waals surface area contributed by atoms with E-state index in [0.29, 0.717) is 26.3 Å². The van der Waals surface area contributed by atoms with Crippen molar-refractivity contribution in [3.05, 3.63) is 0 Å². The fraction of sp³-hybridized carbons (Fsp3) is 1.00. The summed E-state index contributed by atoms with van der Waals surface area (Å²) in [6.07, 6.45) is 0. The summed E-state index contributed by atoms with van der Waals surface area (Å²) in [6, 6.07) is 0. The van der Waals surface area contributed by atoms with Crippen LogP contribution in [0.2, 0.25) is 0 Å². The van der Waals surface area contributed by atoms with Crippen LogP contribution in [0, 0.1) is 0 Å². The first kappa shape index (κ1) is 6.88. The van der Waals surface area contributed by atoms with Crippen molar-refractivity contribution in [2.75, 3.05) is 26.3 Å². The summed E-state index contributed by atoms with van der Waals surface area (Å²) in [4.78, 5) is 0. The number of nitrogens with one attached hydrogen (secondary N) is 2. The molecule has 0 atom stereocenters. The highest BCUT2D eigenvalue weighted by atomic mass is 16.5. The first-order valence-corrected chi connectivity index (χ1v) is 2.28. The van der Waals surface area contributed by atoms with Crippen molar-refractivity contribution in [2.45, 2.75) is 0 Å². The van der Waals surface area contributed by atoms with Gasteiger partial charge in [-0.25, -0.2) is 0 Å². The van der Waals surface area contributed by atoms with E-state index in [-0.39, 0.29) is 0 Å². The quantitative estimate of drug-likeness (QED) is 0.444. The van der Waals surface area contributed by atoms with E-state index in [2.05, 4.69) is 0 Å².